The van der Waals surface area contributed by atoms with Crippen molar-refractivity contribution in [1.82, 2.24) is 19.8 Å². The van der Waals surface area contributed by atoms with Crippen molar-refractivity contribution in [2.45, 2.75) is 34.2 Å². The highest BCUT2D eigenvalue weighted by Gasteiger charge is 2.17. The summed E-state index contributed by atoms with van der Waals surface area (Å²) in [7, 11) is 0. The average molecular weight is 378 g/mol. The zero-order chi connectivity index (χ0) is 18.5. The van der Waals surface area contributed by atoms with Gasteiger partial charge in [-0.15, -0.1) is 11.3 Å². The number of nitrogens with zero attached hydrogens (tertiary/aromatic N) is 4. The van der Waals surface area contributed by atoms with E-state index in [1.165, 1.54) is 15.8 Å². The quantitative estimate of drug-likeness (QED) is 0.763. The Hall–Kier alpha value is -1.28. The van der Waals surface area contributed by atoms with E-state index < -0.39 is 0 Å². The number of anilines is 1. The SMILES string of the molecule is CCN(CC)CCNc1nc(CN2CCOCC2)nc2sc(C)c(C)c12. The van der Waals surface area contributed by atoms with E-state index >= 15 is 0 Å². The molecule has 0 spiro atoms. The third-order valence-electron chi connectivity index (χ3n) is 5.16. The summed E-state index contributed by atoms with van der Waals surface area (Å²) in [4.78, 5) is 17.0. The third-order valence-corrected chi connectivity index (χ3v) is 6.26. The van der Waals surface area contributed by atoms with Crippen molar-refractivity contribution >= 4 is 27.4 Å². The summed E-state index contributed by atoms with van der Waals surface area (Å²) in [6.45, 7) is 17.1. The van der Waals surface area contributed by atoms with Crippen molar-refractivity contribution in [2.75, 3.05) is 57.8 Å². The number of thiophene rings is 1. The van der Waals surface area contributed by atoms with Crippen molar-refractivity contribution in [3.8, 4) is 0 Å². The normalized spacial score (nSPS) is 15.9. The van der Waals surface area contributed by atoms with E-state index in [1.807, 2.05) is 0 Å². The van der Waals surface area contributed by atoms with Crippen LogP contribution in [0.15, 0.2) is 0 Å². The van der Waals surface area contributed by atoms with Crippen LogP contribution in [0.25, 0.3) is 10.2 Å². The Morgan fingerprint density at radius 1 is 1.15 bits per heavy atom. The number of hydrogen-bond acceptors (Lipinski definition) is 7. The molecule has 3 heterocycles. The Balaban J connectivity index is 1.81. The molecule has 2 aromatic heterocycles. The van der Waals surface area contributed by atoms with Crippen LogP contribution in [-0.2, 0) is 11.3 Å². The summed E-state index contributed by atoms with van der Waals surface area (Å²) in [6, 6.07) is 0. The molecular weight excluding hydrogens is 346 g/mol. The van der Waals surface area contributed by atoms with Crippen LogP contribution in [0.5, 0.6) is 0 Å². The number of rotatable bonds is 8. The first kappa shape index (κ1) is 19.5. The van der Waals surface area contributed by atoms with Gasteiger partial charge in [0.2, 0.25) is 0 Å². The first-order valence-corrected chi connectivity index (χ1v) is 10.5. The molecule has 6 nitrogen and oxygen atoms in total. The molecule has 1 aliphatic rings. The van der Waals surface area contributed by atoms with Gasteiger partial charge in [-0.2, -0.15) is 0 Å². The van der Waals surface area contributed by atoms with Gasteiger partial charge in [-0.05, 0) is 32.5 Å². The molecular formula is C19H31N5OS. The molecule has 0 aromatic carbocycles. The van der Waals surface area contributed by atoms with Crippen molar-refractivity contribution in [3.63, 3.8) is 0 Å². The van der Waals surface area contributed by atoms with E-state index in [4.69, 9.17) is 14.7 Å². The molecule has 26 heavy (non-hydrogen) atoms. The predicted molar refractivity (Wildman–Crippen MR) is 109 cm³/mol. The van der Waals surface area contributed by atoms with Crippen LogP contribution in [0.1, 0.15) is 30.1 Å². The Morgan fingerprint density at radius 2 is 1.88 bits per heavy atom. The molecule has 1 saturated heterocycles. The molecule has 0 bridgehead atoms. The molecule has 144 valence electrons. The standard InChI is InChI=1S/C19H31N5OS/c1-5-23(6-2)8-7-20-18-17-14(3)15(4)26-19(17)22-16(21-18)13-24-9-11-25-12-10-24/h5-13H2,1-4H3,(H,20,21,22). The number of aryl methyl sites for hydroxylation is 2. The highest BCUT2D eigenvalue weighted by Crippen LogP contribution is 2.33. The van der Waals surface area contributed by atoms with E-state index in [0.29, 0.717) is 0 Å². The summed E-state index contributed by atoms with van der Waals surface area (Å²) in [5.41, 5.74) is 1.30. The molecule has 3 rings (SSSR count). The minimum Gasteiger partial charge on any atom is -0.379 e. The molecule has 0 amide bonds. The van der Waals surface area contributed by atoms with Gasteiger partial charge >= 0.3 is 0 Å². The van der Waals surface area contributed by atoms with Crippen molar-refractivity contribution < 1.29 is 4.74 Å². The fourth-order valence-corrected chi connectivity index (χ4v) is 4.37. The molecule has 1 aliphatic heterocycles. The van der Waals surface area contributed by atoms with E-state index in [0.717, 1.165) is 75.5 Å². The third kappa shape index (κ3) is 4.52. The van der Waals surface area contributed by atoms with Gasteiger partial charge in [0.15, 0.2) is 0 Å². The molecule has 0 saturated carbocycles. The van der Waals surface area contributed by atoms with Crippen molar-refractivity contribution in [2.24, 2.45) is 0 Å². The average Bonchev–Trinajstić information content (AvgIpc) is 2.93. The van der Waals surface area contributed by atoms with Crippen LogP contribution in [0.2, 0.25) is 0 Å². The van der Waals surface area contributed by atoms with Gasteiger partial charge in [0, 0.05) is 31.1 Å². The number of morpholine rings is 1. The Labute approximate surface area is 160 Å². The summed E-state index contributed by atoms with van der Waals surface area (Å²) < 4.78 is 5.45. The Morgan fingerprint density at radius 3 is 2.58 bits per heavy atom. The van der Waals surface area contributed by atoms with E-state index in [9.17, 15) is 0 Å². The zero-order valence-corrected chi connectivity index (χ0v) is 17.3. The zero-order valence-electron chi connectivity index (χ0n) is 16.5. The second-order valence-electron chi connectivity index (χ2n) is 6.79. The lowest BCUT2D eigenvalue weighted by Crippen LogP contribution is -2.36. The molecule has 0 unspecified atom stereocenters. The van der Waals surface area contributed by atoms with Gasteiger partial charge in [-0.25, -0.2) is 9.97 Å². The Kier molecular flexibility index (Phi) is 6.80. The maximum atomic E-state index is 5.45. The lowest BCUT2D eigenvalue weighted by molar-refractivity contribution is 0.0331. The first-order valence-electron chi connectivity index (χ1n) is 9.65. The van der Waals surface area contributed by atoms with Crippen LogP contribution in [-0.4, -0.2) is 72.3 Å². The van der Waals surface area contributed by atoms with Crippen LogP contribution < -0.4 is 5.32 Å². The lowest BCUT2D eigenvalue weighted by atomic mass is 10.2. The largest absolute Gasteiger partial charge is 0.379 e. The summed E-state index contributed by atoms with van der Waals surface area (Å²) in [5.74, 6) is 1.90. The van der Waals surface area contributed by atoms with E-state index in [1.54, 1.807) is 11.3 Å². The first-order chi connectivity index (χ1) is 12.6. The van der Waals surface area contributed by atoms with Crippen LogP contribution >= 0.6 is 11.3 Å². The molecule has 1 fully saturated rings. The fourth-order valence-electron chi connectivity index (χ4n) is 3.32. The number of nitrogens with one attached hydrogen (secondary N) is 1. The highest BCUT2D eigenvalue weighted by molar-refractivity contribution is 7.18. The minimum absolute atomic E-state index is 0.792. The Bertz CT molecular complexity index is 722. The molecule has 7 heteroatoms. The maximum absolute atomic E-state index is 5.45. The molecule has 1 N–H and O–H groups in total. The van der Waals surface area contributed by atoms with Gasteiger partial charge in [-0.3, -0.25) is 4.90 Å². The number of hydrogen-bond donors (Lipinski definition) is 1. The summed E-state index contributed by atoms with van der Waals surface area (Å²) in [6.07, 6.45) is 0. The number of aromatic nitrogens is 2. The summed E-state index contributed by atoms with van der Waals surface area (Å²) in [5, 5.41) is 4.78. The van der Waals surface area contributed by atoms with Gasteiger partial charge in [0.1, 0.15) is 16.5 Å². The van der Waals surface area contributed by atoms with Crippen LogP contribution in [0, 0.1) is 13.8 Å². The topological polar surface area (TPSA) is 53.5 Å². The van der Waals surface area contributed by atoms with Crippen LogP contribution in [0.4, 0.5) is 5.82 Å². The second-order valence-corrected chi connectivity index (χ2v) is 8.00. The number of fused-ring (bicyclic) bond motifs is 1. The monoisotopic (exact) mass is 377 g/mol. The summed E-state index contributed by atoms with van der Waals surface area (Å²) >= 11 is 1.77. The van der Waals surface area contributed by atoms with E-state index in [2.05, 4.69) is 42.8 Å². The van der Waals surface area contributed by atoms with Crippen LogP contribution in [0.3, 0.4) is 0 Å². The van der Waals surface area contributed by atoms with Crippen molar-refractivity contribution in [1.29, 1.82) is 0 Å². The molecule has 0 aliphatic carbocycles. The van der Waals surface area contributed by atoms with Gasteiger partial charge in [0.25, 0.3) is 0 Å². The van der Waals surface area contributed by atoms with E-state index in [-0.39, 0.29) is 0 Å². The number of ether oxygens (including phenoxy) is 1. The highest BCUT2D eigenvalue weighted by atomic mass is 32.1. The molecule has 2 aromatic rings. The smallest absolute Gasteiger partial charge is 0.146 e. The van der Waals surface area contributed by atoms with Gasteiger partial charge in [-0.1, -0.05) is 13.8 Å². The minimum atomic E-state index is 0.792. The number of likely N-dealkylation sites (N-methyl/N-ethyl adjacent to an activating group) is 1. The van der Waals surface area contributed by atoms with Gasteiger partial charge < -0.3 is 15.0 Å². The van der Waals surface area contributed by atoms with Gasteiger partial charge in [0.05, 0.1) is 25.1 Å². The fraction of sp³-hybridized carbons (Fsp3) is 0.684. The maximum Gasteiger partial charge on any atom is 0.146 e. The second kappa shape index (κ2) is 9.08. The molecule has 0 atom stereocenters. The van der Waals surface area contributed by atoms with Crippen molar-refractivity contribution in [3.05, 3.63) is 16.3 Å². The molecule has 0 radical (unpaired) electrons. The predicted octanol–water partition coefficient (Wildman–Crippen LogP) is 2.89. The lowest BCUT2D eigenvalue weighted by Gasteiger charge is -2.26.